The Morgan fingerprint density at radius 1 is 1.43 bits per heavy atom. The van der Waals surface area contributed by atoms with Gasteiger partial charge in [-0.2, -0.15) is 0 Å². The fourth-order valence-corrected chi connectivity index (χ4v) is 1.95. The lowest BCUT2D eigenvalue weighted by atomic mass is 10.2. The third-order valence-corrected chi connectivity index (χ3v) is 3.43. The molecule has 1 aliphatic rings. The first-order chi connectivity index (χ1) is 9.97. The van der Waals surface area contributed by atoms with Crippen molar-refractivity contribution in [2.75, 3.05) is 19.8 Å². The van der Waals surface area contributed by atoms with Gasteiger partial charge >= 0.3 is 0 Å². The van der Waals surface area contributed by atoms with E-state index in [-0.39, 0.29) is 23.7 Å². The van der Waals surface area contributed by atoms with E-state index >= 15 is 0 Å². The van der Waals surface area contributed by atoms with Gasteiger partial charge in [-0.05, 0) is 30.9 Å². The summed E-state index contributed by atoms with van der Waals surface area (Å²) in [4.78, 5) is 11.8. The molecule has 1 amide bonds. The number of aliphatic hydroxyl groups is 1. The highest BCUT2D eigenvalue weighted by Crippen LogP contribution is 2.28. The Morgan fingerprint density at radius 2 is 2.10 bits per heavy atom. The molecule has 2 rings (SSSR count). The Labute approximate surface area is 126 Å². The first-order valence-corrected chi connectivity index (χ1v) is 7.03. The molecule has 1 unspecified atom stereocenters. The van der Waals surface area contributed by atoms with Crippen molar-refractivity contribution >= 4 is 17.5 Å². The molecule has 0 bridgehead atoms. The summed E-state index contributed by atoms with van der Waals surface area (Å²) in [5.74, 6) is -2.36. The van der Waals surface area contributed by atoms with Crippen LogP contribution in [0.2, 0.25) is 5.02 Å². The second-order valence-electron chi connectivity index (χ2n) is 5.09. The lowest BCUT2D eigenvalue weighted by Crippen LogP contribution is -2.35. The predicted octanol–water partition coefficient (Wildman–Crippen LogP) is 2.14. The Morgan fingerprint density at radius 3 is 2.76 bits per heavy atom. The highest BCUT2D eigenvalue weighted by Gasteiger charge is 2.22. The van der Waals surface area contributed by atoms with Gasteiger partial charge in [0.1, 0.15) is 0 Å². The first kappa shape index (κ1) is 16.1. The largest absolute Gasteiger partial charge is 0.389 e. The zero-order chi connectivity index (χ0) is 15.4. The van der Waals surface area contributed by atoms with Crippen LogP contribution in [0.3, 0.4) is 0 Å². The molecule has 1 atom stereocenters. The molecular weight excluding hydrogens is 304 g/mol. The van der Waals surface area contributed by atoms with Gasteiger partial charge in [0.05, 0.1) is 23.3 Å². The first-order valence-electron chi connectivity index (χ1n) is 6.66. The highest BCUT2D eigenvalue weighted by atomic mass is 35.5. The van der Waals surface area contributed by atoms with Gasteiger partial charge in [-0.1, -0.05) is 11.6 Å². The summed E-state index contributed by atoms with van der Waals surface area (Å²) in [6.45, 7) is 0.668. The Bertz CT molecular complexity index is 523. The minimum absolute atomic E-state index is 0.0567. The van der Waals surface area contributed by atoms with Gasteiger partial charge in [-0.25, -0.2) is 8.78 Å². The summed E-state index contributed by atoms with van der Waals surface area (Å²) in [7, 11) is 0. The Hall–Kier alpha value is -1.24. The van der Waals surface area contributed by atoms with Crippen LogP contribution in [-0.2, 0) is 4.74 Å². The Kier molecular flexibility index (Phi) is 5.50. The number of nitrogens with one attached hydrogen (secondary N) is 1. The van der Waals surface area contributed by atoms with Crippen LogP contribution in [0.15, 0.2) is 12.1 Å². The fraction of sp³-hybridized carbons (Fsp3) is 0.500. The van der Waals surface area contributed by atoms with Gasteiger partial charge < -0.3 is 15.2 Å². The molecule has 2 N–H and O–H groups in total. The van der Waals surface area contributed by atoms with Crippen LogP contribution < -0.4 is 5.32 Å². The van der Waals surface area contributed by atoms with Gasteiger partial charge in [0.25, 0.3) is 5.91 Å². The van der Waals surface area contributed by atoms with Crippen LogP contribution in [-0.4, -0.2) is 36.9 Å². The summed E-state index contributed by atoms with van der Waals surface area (Å²) < 4.78 is 31.3. The molecule has 0 aliphatic heterocycles. The molecule has 0 radical (unpaired) electrons. The van der Waals surface area contributed by atoms with Gasteiger partial charge in [-0.3, -0.25) is 4.79 Å². The molecule has 1 saturated carbocycles. The number of aliphatic hydroxyl groups excluding tert-OH is 1. The summed E-state index contributed by atoms with van der Waals surface area (Å²) in [6, 6.07) is 1.46. The van der Waals surface area contributed by atoms with Crippen molar-refractivity contribution < 1.29 is 23.4 Å². The summed E-state index contributed by atoms with van der Waals surface area (Å²) in [6.07, 6.45) is 1.44. The molecule has 0 spiro atoms. The molecular formula is C14H16ClF2NO3. The summed E-state index contributed by atoms with van der Waals surface area (Å²) in [5.41, 5.74) is -0.179. The van der Waals surface area contributed by atoms with E-state index in [1.165, 1.54) is 0 Å². The van der Waals surface area contributed by atoms with Crippen LogP contribution in [0.1, 0.15) is 23.2 Å². The number of ether oxygens (including phenoxy) is 1. The third kappa shape index (κ3) is 4.91. The van der Waals surface area contributed by atoms with Crippen molar-refractivity contribution in [2.45, 2.75) is 18.9 Å². The van der Waals surface area contributed by atoms with Crippen LogP contribution in [0.4, 0.5) is 8.78 Å². The topological polar surface area (TPSA) is 58.6 Å². The summed E-state index contributed by atoms with van der Waals surface area (Å²) in [5, 5.41) is 11.8. The van der Waals surface area contributed by atoms with E-state index in [9.17, 15) is 18.7 Å². The number of amides is 1. The van der Waals surface area contributed by atoms with Crippen LogP contribution in [0.25, 0.3) is 0 Å². The maximum atomic E-state index is 13.1. The summed E-state index contributed by atoms with van der Waals surface area (Å²) >= 11 is 5.68. The number of rotatable bonds is 7. The van der Waals surface area contributed by atoms with Crippen molar-refractivity contribution in [3.05, 3.63) is 34.4 Å². The number of carbonyl (C=O) groups is 1. The smallest absolute Gasteiger partial charge is 0.252 e. The van der Waals surface area contributed by atoms with Crippen molar-refractivity contribution in [1.29, 1.82) is 0 Å². The van der Waals surface area contributed by atoms with E-state index in [0.29, 0.717) is 12.5 Å². The third-order valence-electron chi connectivity index (χ3n) is 3.11. The molecule has 4 nitrogen and oxygen atoms in total. The normalized spacial score (nSPS) is 15.8. The van der Waals surface area contributed by atoms with Crippen LogP contribution >= 0.6 is 11.6 Å². The quantitative estimate of drug-likeness (QED) is 0.757. The maximum Gasteiger partial charge on any atom is 0.252 e. The van der Waals surface area contributed by atoms with Crippen molar-refractivity contribution in [1.82, 2.24) is 5.32 Å². The minimum Gasteiger partial charge on any atom is -0.389 e. The number of benzene rings is 1. The SMILES string of the molecule is O=C(NCC(O)COCC1CC1)c1cc(F)c(F)cc1Cl. The highest BCUT2D eigenvalue weighted by molar-refractivity contribution is 6.33. The van der Waals surface area contributed by atoms with E-state index < -0.39 is 23.6 Å². The molecule has 1 aromatic carbocycles. The monoisotopic (exact) mass is 319 g/mol. The van der Waals surface area contributed by atoms with Crippen LogP contribution in [0.5, 0.6) is 0 Å². The number of halogens is 3. The number of carbonyl (C=O) groups excluding carboxylic acids is 1. The van der Waals surface area contributed by atoms with E-state index in [2.05, 4.69) is 5.32 Å². The molecule has 0 heterocycles. The standard InChI is InChI=1S/C14H16ClF2NO3/c15-11-4-13(17)12(16)3-10(11)14(20)18-5-9(19)7-21-6-8-1-2-8/h3-4,8-9,19H,1-2,5-7H2,(H,18,20). The average Bonchev–Trinajstić information content (AvgIpc) is 3.24. The molecule has 7 heteroatoms. The number of hydrogen-bond donors (Lipinski definition) is 2. The molecule has 0 saturated heterocycles. The van der Waals surface area contributed by atoms with E-state index in [4.69, 9.17) is 16.3 Å². The predicted molar refractivity (Wildman–Crippen MR) is 73.3 cm³/mol. The average molecular weight is 320 g/mol. The van der Waals surface area contributed by atoms with Gasteiger partial charge in [0.2, 0.25) is 0 Å². The van der Waals surface area contributed by atoms with Gasteiger partial charge in [0, 0.05) is 13.2 Å². The van der Waals surface area contributed by atoms with E-state index in [1.807, 2.05) is 0 Å². The van der Waals surface area contributed by atoms with Crippen LogP contribution in [0, 0.1) is 17.6 Å². The molecule has 1 aromatic rings. The zero-order valence-electron chi connectivity index (χ0n) is 11.2. The Balaban J connectivity index is 1.79. The molecule has 116 valence electrons. The zero-order valence-corrected chi connectivity index (χ0v) is 12.0. The molecule has 1 fully saturated rings. The van der Waals surface area contributed by atoms with E-state index in [0.717, 1.165) is 25.0 Å². The number of hydrogen-bond acceptors (Lipinski definition) is 3. The minimum atomic E-state index is -1.15. The molecule has 1 aliphatic carbocycles. The second-order valence-corrected chi connectivity index (χ2v) is 5.50. The van der Waals surface area contributed by atoms with E-state index in [1.54, 1.807) is 0 Å². The maximum absolute atomic E-state index is 13.1. The van der Waals surface area contributed by atoms with Crippen molar-refractivity contribution in [2.24, 2.45) is 5.92 Å². The van der Waals surface area contributed by atoms with Gasteiger partial charge in [-0.15, -0.1) is 0 Å². The van der Waals surface area contributed by atoms with Crippen molar-refractivity contribution in [3.8, 4) is 0 Å². The lowest BCUT2D eigenvalue weighted by Gasteiger charge is -2.13. The van der Waals surface area contributed by atoms with Crippen molar-refractivity contribution in [3.63, 3.8) is 0 Å². The second kappa shape index (κ2) is 7.15. The fourth-order valence-electron chi connectivity index (χ4n) is 1.72. The van der Waals surface area contributed by atoms with Gasteiger partial charge in [0.15, 0.2) is 11.6 Å². The molecule has 0 aromatic heterocycles. The lowest BCUT2D eigenvalue weighted by molar-refractivity contribution is 0.0320. The molecule has 21 heavy (non-hydrogen) atoms.